The maximum absolute atomic E-state index is 5.85. The molecule has 0 aliphatic heterocycles. The van der Waals surface area contributed by atoms with Crippen molar-refractivity contribution in [3.8, 4) is 0 Å². The summed E-state index contributed by atoms with van der Waals surface area (Å²) >= 11 is 0. The number of rotatable bonds is 3. The summed E-state index contributed by atoms with van der Waals surface area (Å²) in [6, 6.07) is 3.96. The molecule has 16 heavy (non-hydrogen) atoms. The first-order valence-electron chi connectivity index (χ1n) is 5.42. The zero-order valence-electron chi connectivity index (χ0n) is 9.78. The number of anilines is 1. The van der Waals surface area contributed by atoms with Gasteiger partial charge in [-0.2, -0.15) is 0 Å². The van der Waals surface area contributed by atoms with Crippen LogP contribution in [-0.4, -0.2) is 28.0 Å². The quantitative estimate of drug-likeness (QED) is 0.730. The molecule has 4 N–H and O–H groups in total. The minimum atomic E-state index is 0.0735. The first kappa shape index (κ1) is 10.9. The number of pyridine rings is 1. The molecule has 5 nitrogen and oxygen atoms in total. The molecule has 0 aliphatic carbocycles. The molecule has 0 saturated carbocycles. The van der Waals surface area contributed by atoms with E-state index in [0.29, 0.717) is 0 Å². The summed E-state index contributed by atoms with van der Waals surface area (Å²) in [5.74, 6) is 1.91. The van der Waals surface area contributed by atoms with Crippen molar-refractivity contribution < 1.29 is 0 Å². The van der Waals surface area contributed by atoms with Crippen LogP contribution in [0.1, 0.15) is 25.6 Å². The second-order valence-corrected chi connectivity index (χ2v) is 4.09. The molecule has 2 unspecified atom stereocenters. The molecule has 0 aliphatic rings. The number of nitrogens with one attached hydrogen (secondary N) is 2. The highest BCUT2D eigenvalue weighted by Gasteiger charge is 2.15. The van der Waals surface area contributed by atoms with Crippen LogP contribution in [0.4, 0.5) is 5.82 Å². The summed E-state index contributed by atoms with van der Waals surface area (Å²) in [5, 5.41) is 2.99. The molecule has 2 rings (SSSR count). The Kier molecular flexibility index (Phi) is 2.78. The van der Waals surface area contributed by atoms with Gasteiger partial charge < -0.3 is 16.0 Å². The lowest BCUT2D eigenvalue weighted by Crippen LogP contribution is -2.23. The number of hydrogen-bond donors (Lipinski definition) is 3. The molecule has 0 fully saturated rings. The largest absolute Gasteiger partial charge is 0.373 e. The highest BCUT2D eigenvalue weighted by Crippen LogP contribution is 2.19. The van der Waals surface area contributed by atoms with Gasteiger partial charge in [0.25, 0.3) is 0 Å². The topological polar surface area (TPSA) is 79.6 Å². The maximum atomic E-state index is 5.85. The van der Waals surface area contributed by atoms with E-state index in [-0.39, 0.29) is 12.0 Å². The Bertz CT molecular complexity index is 488. The van der Waals surface area contributed by atoms with Gasteiger partial charge in [-0.15, -0.1) is 0 Å². The molecule has 86 valence electrons. The molecule has 0 radical (unpaired) electrons. The van der Waals surface area contributed by atoms with E-state index in [1.54, 1.807) is 0 Å². The summed E-state index contributed by atoms with van der Waals surface area (Å²) < 4.78 is 0. The van der Waals surface area contributed by atoms with E-state index in [1.165, 1.54) is 0 Å². The summed E-state index contributed by atoms with van der Waals surface area (Å²) in [6.45, 7) is 4.03. The molecule has 0 saturated heterocycles. The second kappa shape index (κ2) is 4.09. The predicted octanol–water partition coefficient (Wildman–Crippen LogP) is 1.45. The Morgan fingerprint density at radius 3 is 2.69 bits per heavy atom. The second-order valence-electron chi connectivity index (χ2n) is 4.09. The van der Waals surface area contributed by atoms with Gasteiger partial charge in [-0.1, -0.05) is 6.92 Å². The zero-order chi connectivity index (χ0) is 11.7. The molecular weight excluding hydrogens is 202 g/mol. The number of imidazole rings is 1. The van der Waals surface area contributed by atoms with Gasteiger partial charge in [-0.3, -0.25) is 0 Å². The number of nitrogens with zero attached hydrogens (tertiary/aromatic N) is 2. The highest BCUT2D eigenvalue weighted by molar-refractivity contribution is 5.73. The van der Waals surface area contributed by atoms with Crippen LogP contribution in [0.3, 0.4) is 0 Å². The normalized spacial score (nSPS) is 15.0. The van der Waals surface area contributed by atoms with Crippen molar-refractivity contribution in [2.24, 2.45) is 5.73 Å². The third-order valence-corrected chi connectivity index (χ3v) is 2.84. The van der Waals surface area contributed by atoms with Crippen molar-refractivity contribution in [2.75, 3.05) is 12.4 Å². The lowest BCUT2D eigenvalue weighted by atomic mass is 10.0. The van der Waals surface area contributed by atoms with Crippen molar-refractivity contribution in [3.63, 3.8) is 0 Å². The Labute approximate surface area is 94.5 Å². The zero-order valence-corrected chi connectivity index (χ0v) is 9.78. The van der Waals surface area contributed by atoms with Crippen LogP contribution in [0.5, 0.6) is 0 Å². The van der Waals surface area contributed by atoms with Gasteiger partial charge in [0.05, 0.1) is 5.52 Å². The van der Waals surface area contributed by atoms with E-state index in [1.807, 2.05) is 26.1 Å². The molecule has 0 amide bonds. The van der Waals surface area contributed by atoms with Gasteiger partial charge in [0.15, 0.2) is 5.65 Å². The van der Waals surface area contributed by atoms with Crippen molar-refractivity contribution >= 4 is 17.0 Å². The lowest BCUT2D eigenvalue weighted by Gasteiger charge is -2.11. The van der Waals surface area contributed by atoms with Crippen molar-refractivity contribution in [2.45, 2.75) is 25.8 Å². The van der Waals surface area contributed by atoms with Crippen LogP contribution < -0.4 is 11.1 Å². The van der Waals surface area contributed by atoms with E-state index in [0.717, 1.165) is 22.8 Å². The molecule has 2 aromatic rings. The Morgan fingerprint density at radius 2 is 2.06 bits per heavy atom. The first-order valence-corrected chi connectivity index (χ1v) is 5.42. The van der Waals surface area contributed by atoms with Gasteiger partial charge in [0, 0.05) is 19.0 Å². The van der Waals surface area contributed by atoms with Crippen molar-refractivity contribution in [1.29, 1.82) is 0 Å². The fraction of sp³-hybridized carbons (Fsp3) is 0.455. The summed E-state index contributed by atoms with van der Waals surface area (Å²) in [5.41, 5.74) is 7.53. The van der Waals surface area contributed by atoms with Crippen molar-refractivity contribution in [3.05, 3.63) is 18.0 Å². The predicted molar refractivity (Wildman–Crippen MR) is 65.5 cm³/mol. The maximum Gasteiger partial charge on any atom is 0.179 e. The van der Waals surface area contributed by atoms with Crippen LogP contribution in [0.15, 0.2) is 12.1 Å². The van der Waals surface area contributed by atoms with E-state index in [9.17, 15) is 0 Å². The summed E-state index contributed by atoms with van der Waals surface area (Å²) in [6.07, 6.45) is 0. The standard InChI is InChI=1S/C11H17N5/c1-6(7(2)12)10-14-8-4-5-9(13-3)15-11(8)16-10/h4-7H,12H2,1-3H3,(H2,13,14,15,16). The average molecular weight is 219 g/mol. The monoisotopic (exact) mass is 219 g/mol. The lowest BCUT2D eigenvalue weighted by molar-refractivity contribution is 0.588. The SMILES string of the molecule is CNc1ccc2[nH]c(C(C)C(C)N)nc2n1. The number of aromatic amines is 1. The fourth-order valence-electron chi connectivity index (χ4n) is 1.52. The third-order valence-electron chi connectivity index (χ3n) is 2.84. The molecule has 2 atom stereocenters. The van der Waals surface area contributed by atoms with Gasteiger partial charge in [-0.25, -0.2) is 9.97 Å². The summed E-state index contributed by atoms with van der Waals surface area (Å²) in [7, 11) is 1.84. The average Bonchev–Trinajstić information content (AvgIpc) is 2.69. The molecular formula is C11H17N5. The van der Waals surface area contributed by atoms with Crippen LogP contribution in [0.2, 0.25) is 0 Å². The molecule has 0 aromatic carbocycles. The Balaban J connectivity index is 2.43. The van der Waals surface area contributed by atoms with Crippen LogP contribution in [0, 0.1) is 0 Å². The molecule has 2 heterocycles. The fourth-order valence-corrected chi connectivity index (χ4v) is 1.52. The smallest absolute Gasteiger partial charge is 0.179 e. The number of nitrogens with two attached hydrogens (primary N) is 1. The summed E-state index contributed by atoms with van der Waals surface area (Å²) in [4.78, 5) is 12.1. The van der Waals surface area contributed by atoms with Gasteiger partial charge in [0.2, 0.25) is 0 Å². The van der Waals surface area contributed by atoms with Gasteiger partial charge >= 0.3 is 0 Å². The van der Waals surface area contributed by atoms with E-state index in [2.05, 4.69) is 27.2 Å². The van der Waals surface area contributed by atoms with Gasteiger partial charge in [-0.05, 0) is 19.1 Å². The van der Waals surface area contributed by atoms with E-state index in [4.69, 9.17) is 5.73 Å². The number of aromatic nitrogens is 3. The first-order chi connectivity index (χ1) is 7.61. The Morgan fingerprint density at radius 1 is 1.31 bits per heavy atom. The van der Waals surface area contributed by atoms with Crippen LogP contribution in [-0.2, 0) is 0 Å². The molecule has 5 heteroatoms. The number of fused-ring (bicyclic) bond motifs is 1. The van der Waals surface area contributed by atoms with E-state index < -0.39 is 0 Å². The molecule has 0 spiro atoms. The molecule has 2 aromatic heterocycles. The molecule has 0 bridgehead atoms. The van der Waals surface area contributed by atoms with Crippen molar-refractivity contribution in [1.82, 2.24) is 15.0 Å². The van der Waals surface area contributed by atoms with Crippen LogP contribution >= 0.6 is 0 Å². The third kappa shape index (κ3) is 1.86. The minimum Gasteiger partial charge on any atom is -0.373 e. The highest BCUT2D eigenvalue weighted by atomic mass is 15.0. The number of H-pyrrole nitrogens is 1. The van der Waals surface area contributed by atoms with Crippen LogP contribution in [0.25, 0.3) is 11.2 Å². The minimum absolute atomic E-state index is 0.0735. The Hall–Kier alpha value is -1.62. The number of hydrogen-bond acceptors (Lipinski definition) is 4. The van der Waals surface area contributed by atoms with E-state index >= 15 is 0 Å². The van der Waals surface area contributed by atoms with Gasteiger partial charge in [0.1, 0.15) is 11.6 Å².